The lowest BCUT2D eigenvalue weighted by Gasteiger charge is -2.22. The normalized spacial score (nSPS) is 12.9. The van der Waals surface area contributed by atoms with Gasteiger partial charge in [0.1, 0.15) is 5.82 Å². The number of pyridine rings is 1. The summed E-state index contributed by atoms with van der Waals surface area (Å²) in [6.45, 7) is 6.47. The van der Waals surface area contributed by atoms with Crippen LogP contribution in [0.25, 0.3) is 0 Å². The van der Waals surface area contributed by atoms with Crippen LogP contribution in [0.15, 0.2) is 18.2 Å². The van der Waals surface area contributed by atoms with Gasteiger partial charge in [0.05, 0.1) is 0 Å². The van der Waals surface area contributed by atoms with Gasteiger partial charge in [-0.2, -0.15) is 0 Å². The number of hydrogen-bond donors (Lipinski definition) is 2. The van der Waals surface area contributed by atoms with Crippen molar-refractivity contribution >= 4 is 5.82 Å². The molecule has 1 atom stereocenters. The topological polar surface area (TPSA) is 45.1 Å². The first-order valence-electron chi connectivity index (χ1n) is 5.44. The molecule has 0 aromatic carbocycles. The molecule has 1 heterocycles. The summed E-state index contributed by atoms with van der Waals surface area (Å²) in [4.78, 5) is 4.38. The van der Waals surface area contributed by atoms with Crippen molar-refractivity contribution in [2.45, 2.75) is 33.2 Å². The second kappa shape index (κ2) is 5.71. The van der Waals surface area contributed by atoms with E-state index < -0.39 is 0 Å². The summed E-state index contributed by atoms with van der Waals surface area (Å²) < 4.78 is 0. The van der Waals surface area contributed by atoms with E-state index in [1.807, 2.05) is 25.1 Å². The molecule has 0 spiro atoms. The van der Waals surface area contributed by atoms with E-state index in [-0.39, 0.29) is 12.6 Å². The van der Waals surface area contributed by atoms with E-state index >= 15 is 0 Å². The van der Waals surface area contributed by atoms with E-state index in [4.69, 9.17) is 5.11 Å². The van der Waals surface area contributed by atoms with E-state index in [1.54, 1.807) is 0 Å². The number of aliphatic hydroxyl groups is 1. The first-order valence-corrected chi connectivity index (χ1v) is 5.44. The Labute approximate surface area is 91.5 Å². The summed E-state index contributed by atoms with van der Waals surface area (Å²) in [6, 6.07) is 6.20. The summed E-state index contributed by atoms with van der Waals surface area (Å²) >= 11 is 0. The van der Waals surface area contributed by atoms with Gasteiger partial charge < -0.3 is 10.4 Å². The predicted molar refractivity (Wildman–Crippen MR) is 62.9 cm³/mol. The van der Waals surface area contributed by atoms with Crippen molar-refractivity contribution in [2.75, 3.05) is 11.9 Å². The Hall–Kier alpha value is -1.09. The quantitative estimate of drug-likeness (QED) is 0.779. The Bertz CT molecular complexity index is 299. The van der Waals surface area contributed by atoms with Crippen molar-refractivity contribution in [3.8, 4) is 0 Å². The van der Waals surface area contributed by atoms with Crippen LogP contribution < -0.4 is 5.32 Å². The number of aryl methyl sites for hydroxylation is 1. The number of aliphatic hydroxyl groups excluding tert-OH is 1. The van der Waals surface area contributed by atoms with Crippen LogP contribution in [0.2, 0.25) is 0 Å². The minimum absolute atomic E-state index is 0.210. The molecule has 1 unspecified atom stereocenters. The average molecular weight is 208 g/mol. The average Bonchev–Trinajstić information content (AvgIpc) is 2.17. The van der Waals surface area contributed by atoms with Crippen LogP contribution in [0.5, 0.6) is 0 Å². The van der Waals surface area contributed by atoms with E-state index in [2.05, 4.69) is 24.1 Å². The lowest BCUT2D eigenvalue weighted by atomic mass is 10.0. The number of nitrogens with zero attached hydrogens (tertiary/aromatic N) is 1. The maximum atomic E-state index is 8.96. The summed E-state index contributed by atoms with van der Waals surface area (Å²) in [7, 11) is 0. The van der Waals surface area contributed by atoms with Crippen LogP contribution in [0.1, 0.15) is 26.0 Å². The highest BCUT2D eigenvalue weighted by Gasteiger charge is 2.12. The molecular weight excluding hydrogens is 188 g/mol. The van der Waals surface area contributed by atoms with Gasteiger partial charge in [-0.05, 0) is 31.4 Å². The molecule has 15 heavy (non-hydrogen) atoms. The maximum Gasteiger partial charge on any atom is 0.126 e. The van der Waals surface area contributed by atoms with Crippen LogP contribution in [-0.4, -0.2) is 22.7 Å². The first-order chi connectivity index (χ1) is 7.13. The summed E-state index contributed by atoms with van der Waals surface area (Å²) in [5.41, 5.74) is 1.01. The second-order valence-electron chi connectivity index (χ2n) is 4.17. The first kappa shape index (κ1) is 12.0. The van der Waals surface area contributed by atoms with Crippen molar-refractivity contribution < 1.29 is 5.11 Å². The summed E-state index contributed by atoms with van der Waals surface area (Å²) in [5.74, 6) is 1.38. The summed E-state index contributed by atoms with van der Waals surface area (Å²) in [6.07, 6.45) is 0.757. The van der Waals surface area contributed by atoms with Gasteiger partial charge in [0.2, 0.25) is 0 Å². The van der Waals surface area contributed by atoms with Gasteiger partial charge >= 0.3 is 0 Å². The Balaban J connectivity index is 2.65. The Morgan fingerprint density at radius 3 is 2.67 bits per heavy atom. The molecular formula is C12H20N2O. The zero-order valence-electron chi connectivity index (χ0n) is 9.70. The van der Waals surface area contributed by atoms with Crippen molar-refractivity contribution in [1.82, 2.24) is 4.98 Å². The van der Waals surface area contributed by atoms with E-state index in [0.717, 1.165) is 17.9 Å². The molecule has 0 aliphatic carbocycles. The van der Waals surface area contributed by atoms with E-state index in [9.17, 15) is 0 Å². The lowest BCUT2D eigenvalue weighted by Crippen LogP contribution is -2.27. The van der Waals surface area contributed by atoms with Crippen molar-refractivity contribution in [2.24, 2.45) is 5.92 Å². The summed E-state index contributed by atoms with van der Waals surface area (Å²) in [5, 5.41) is 12.3. The Morgan fingerprint density at radius 1 is 1.40 bits per heavy atom. The molecule has 0 aliphatic rings. The van der Waals surface area contributed by atoms with Gasteiger partial charge in [-0.25, -0.2) is 4.98 Å². The van der Waals surface area contributed by atoms with Gasteiger partial charge in [0.15, 0.2) is 0 Å². The fraction of sp³-hybridized carbons (Fsp3) is 0.583. The van der Waals surface area contributed by atoms with Gasteiger partial charge in [-0.1, -0.05) is 19.9 Å². The molecule has 1 aromatic rings. The molecule has 0 amide bonds. The van der Waals surface area contributed by atoms with Crippen molar-refractivity contribution in [1.29, 1.82) is 0 Å². The third-order valence-electron chi connectivity index (χ3n) is 2.47. The highest BCUT2D eigenvalue weighted by molar-refractivity contribution is 5.36. The molecule has 0 saturated carbocycles. The Morgan fingerprint density at radius 2 is 2.13 bits per heavy atom. The SMILES string of the molecule is Cc1cccc(NC(CCO)C(C)C)n1. The van der Waals surface area contributed by atoms with E-state index in [0.29, 0.717) is 5.92 Å². The van der Waals surface area contributed by atoms with Gasteiger partial charge in [0.25, 0.3) is 0 Å². The number of rotatable bonds is 5. The third kappa shape index (κ3) is 3.88. The molecule has 84 valence electrons. The molecule has 3 nitrogen and oxygen atoms in total. The number of aromatic nitrogens is 1. The molecule has 2 N–H and O–H groups in total. The predicted octanol–water partition coefficient (Wildman–Crippen LogP) is 2.21. The largest absolute Gasteiger partial charge is 0.396 e. The maximum absolute atomic E-state index is 8.96. The number of anilines is 1. The highest BCUT2D eigenvalue weighted by Crippen LogP contribution is 2.13. The molecule has 1 rings (SSSR count). The fourth-order valence-electron chi connectivity index (χ4n) is 1.52. The van der Waals surface area contributed by atoms with E-state index in [1.165, 1.54) is 0 Å². The smallest absolute Gasteiger partial charge is 0.126 e. The van der Waals surface area contributed by atoms with Crippen molar-refractivity contribution in [3.63, 3.8) is 0 Å². The van der Waals surface area contributed by atoms with Crippen LogP contribution in [0.4, 0.5) is 5.82 Å². The van der Waals surface area contributed by atoms with Crippen LogP contribution >= 0.6 is 0 Å². The van der Waals surface area contributed by atoms with Gasteiger partial charge in [-0.15, -0.1) is 0 Å². The molecule has 3 heteroatoms. The minimum atomic E-state index is 0.210. The highest BCUT2D eigenvalue weighted by atomic mass is 16.3. The van der Waals surface area contributed by atoms with Crippen molar-refractivity contribution in [3.05, 3.63) is 23.9 Å². The molecule has 0 radical (unpaired) electrons. The standard InChI is InChI=1S/C12H20N2O/c1-9(2)11(7-8-15)14-12-6-4-5-10(3)13-12/h4-6,9,11,15H,7-8H2,1-3H3,(H,13,14). The number of nitrogens with one attached hydrogen (secondary N) is 1. The van der Waals surface area contributed by atoms with Gasteiger partial charge in [-0.3, -0.25) is 0 Å². The minimum Gasteiger partial charge on any atom is -0.396 e. The van der Waals surface area contributed by atoms with Crippen LogP contribution in [-0.2, 0) is 0 Å². The third-order valence-corrected chi connectivity index (χ3v) is 2.47. The molecule has 0 bridgehead atoms. The molecule has 1 aromatic heterocycles. The fourth-order valence-corrected chi connectivity index (χ4v) is 1.52. The molecule has 0 aliphatic heterocycles. The number of hydrogen-bond acceptors (Lipinski definition) is 3. The molecule has 0 saturated heterocycles. The molecule has 0 fully saturated rings. The van der Waals surface area contributed by atoms with Crippen LogP contribution in [0, 0.1) is 12.8 Å². The second-order valence-corrected chi connectivity index (χ2v) is 4.17. The Kier molecular flexibility index (Phi) is 4.56. The monoisotopic (exact) mass is 208 g/mol. The lowest BCUT2D eigenvalue weighted by molar-refractivity contribution is 0.267. The van der Waals surface area contributed by atoms with Gasteiger partial charge in [0, 0.05) is 18.3 Å². The zero-order valence-corrected chi connectivity index (χ0v) is 9.70. The zero-order chi connectivity index (χ0) is 11.3. The van der Waals surface area contributed by atoms with Crippen LogP contribution in [0.3, 0.4) is 0 Å².